The number of halogens is 1. The molecule has 0 bridgehead atoms. The number of fused-ring (bicyclic) bond motifs is 1. The Hall–Kier alpha value is -2.04. The lowest BCUT2D eigenvalue weighted by Gasteiger charge is -2.23. The lowest BCUT2D eigenvalue weighted by Crippen LogP contribution is -2.34. The fourth-order valence-corrected chi connectivity index (χ4v) is 5.17. The van der Waals surface area contributed by atoms with Crippen molar-refractivity contribution in [3.8, 4) is 0 Å². The molecular weight excluding hydrogens is 394 g/mol. The van der Waals surface area contributed by atoms with Gasteiger partial charge in [0.2, 0.25) is 0 Å². The summed E-state index contributed by atoms with van der Waals surface area (Å²) in [6, 6.07) is 12.2. The van der Waals surface area contributed by atoms with Crippen LogP contribution >= 0.6 is 11.6 Å². The van der Waals surface area contributed by atoms with Crippen molar-refractivity contribution < 1.29 is 4.79 Å². The highest BCUT2D eigenvalue weighted by molar-refractivity contribution is 6.31. The molecule has 2 saturated heterocycles. The zero-order valence-electron chi connectivity index (χ0n) is 18.2. The summed E-state index contributed by atoms with van der Waals surface area (Å²) in [7, 11) is 0. The molecule has 2 heterocycles. The number of amides is 1. The first-order chi connectivity index (χ1) is 14.4. The monoisotopic (exact) mass is 425 g/mol. The van der Waals surface area contributed by atoms with Gasteiger partial charge in [-0.25, -0.2) is 0 Å². The molecule has 2 aliphatic rings. The third-order valence-electron chi connectivity index (χ3n) is 6.70. The van der Waals surface area contributed by atoms with Crippen LogP contribution in [0.4, 0.5) is 5.69 Å². The summed E-state index contributed by atoms with van der Waals surface area (Å²) in [4.78, 5) is 17.7. The van der Waals surface area contributed by atoms with Gasteiger partial charge in [-0.2, -0.15) is 0 Å². The van der Waals surface area contributed by atoms with E-state index in [2.05, 4.69) is 27.2 Å². The van der Waals surface area contributed by atoms with Gasteiger partial charge in [-0.1, -0.05) is 35.9 Å². The van der Waals surface area contributed by atoms with Gasteiger partial charge in [0.15, 0.2) is 0 Å². The highest BCUT2D eigenvalue weighted by atomic mass is 35.5. The number of carbonyl (C=O) groups is 1. The Balaban J connectivity index is 1.23. The topological polar surface area (TPSA) is 35.6 Å². The van der Waals surface area contributed by atoms with E-state index < -0.39 is 0 Å². The minimum atomic E-state index is 0.215. The van der Waals surface area contributed by atoms with Crippen molar-refractivity contribution in [2.75, 3.05) is 44.6 Å². The largest absolute Gasteiger partial charge is 0.385 e. The molecule has 0 spiro atoms. The van der Waals surface area contributed by atoms with Crippen molar-refractivity contribution in [1.82, 2.24) is 9.80 Å². The Kier molecular flexibility index (Phi) is 6.35. The van der Waals surface area contributed by atoms with Gasteiger partial charge in [-0.15, -0.1) is 0 Å². The summed E-state index contributed by atoms with van der Waals surface area (Å²) in [6.45, 7) is 12.2. The van der Waals surface area contributed by atoms with Gasteiger partial charge < -0.3 is 15.1 Å². The molecule has 2 unspecified atom stereocenters. The highest BCUT2D eigenvalue weighted by Gasteiger charge is 2.41. The molecular formula is C25H32ClN3O. The second-order valence-corrected chi connectivity index (χ2v) is 9.41. The number of rotatable bonds is 6. The Morgan fingerprint density at radius 3 is 2.30 bits per heavy atom. The third-order valence-corrected chi connectivity index (χ3v) is 7.10. The number of hydrogen-bond acceptors (Lipinski definition) is 3. The van der Waals surface area contributed by atoms with Crippen molar-refractivity contribution in [1.29, 1.82) is 0 Å². The molecule has 160 valence electrons. The first kappa shape index (κ1) is 21.2. The molecule has 0 aliphatic carbocycles. The van der Waals surface area contributed by atoms with Gasteiger partial charge in [0.25, 0.3) is 5.91 Å². The Labute approximate surface area is 185 Å². The maximum Gasteiger partial charge on any atom is 0.254 e. The Morgan fingerprint density at radius 1 is 1.00 bits per heavy atom. The summed E-state index contributed by atoms with van der Waals surface area (Å²) in [5, 5.41) is 4.29. The van der Waals surface area contributed by atoms with Crippen molar-refractivity contribution in [2.45, 2.75) is 27.2 Å². The van der Waals surface area contributed by atoms with E-state index >= 15 is 0 Å². The fraction of sp³-hybridized carbons (Fsp3) is 0.480. The lowest BCUT2D eigenvalue weighted by atomic mass is 10.0. The number of likely N-dealkylation sites (tertiary alicyclic amines) is 2. The lowest BCUT2D eigenvalue weighted by molar-refractivity contribution is 0.0772. The summed E-state index contributed by atoms with van der Waals surface area (Å²) < 4.78 is 0. The predicted octanol–water partition coefficient (Wildman–Crippen LogP) is 4.77. The van der Waals surface area contributed by atoms with Crippen LogP contribution in [0.5, 0.6) is 0 Å². The average Bonchev–Trinajstić information content (AvgIpc) is 3.26. The second kappa shape index (κ2) is 8.99. The summed E-state index contributed by atoms with van der Waals surface area (Å²) in [5.41, 5.74) is 5.26. The van der Waals surface area contributed by atoms with Crippen LogP contribution in [-0.4, -0.2) is 55.0 Å². The molecule has 2 aromatic rings. The quantitative estimate of drug-likeness (QED) is 0.677. The standard InChI is InChI=1S/C25H32ClN3O/c1-17-8-9-22(12-23(17)26)27-10-5-11-28-13-20-15-29(16-21(20)14-28)25(30)24-18(2)6-4-7-19(24)3/h4,6-9,12,20-21,27H,5,10-11,13-16H2,1-3H3. The van der Waals surface area contributed by atoms with Crippen LogP contribution in [0.3, 0.4) is 0 Å². The van der Waals surface area contributed by atoms with Crippen LogP contribution < -0.4 is 5.32 Å². The Morgan fingerprint density at radius 2 is 1.67 bits per heavy atom. The maximum absolute atomic E-state index is 13.1. The molecule has 1 N–H and O–H groups in total. The summed E-state index contributed by atoms with van der Waals surface area (Å²) in [5.74, 6) is 1.44. The molecule has 1 amide bonds. The van der Waals surface area contributed by atoms with Crippen molar-refractivity contribution in [2.24, 2.45) is 11.8 Å². The van der Waals surface area contributed by atoms with Crippen molar-refractivity contribution in [3.05, 3.63) is 63.7 Å². The van der Waals surface area contributed by atoms with Crippen molar-refractivity contribution >= 4 is 23.2 Å². The molecule has 4 rings (SSSR count). The van der Waals surface area contributed by atoms with E-state index in [9.17, 15) is 4.79 Å². The summed E-state index contributed by atoms with van der Waals surface area (Å²) in [6.07, 6.45) is 1.11. The van der Waals surface area contributed by atoms with E-state index in [1.54, 1.807) is 0 Å². The highest BCUT2D eigenvalue weighted by Crippen LogP contribution is 2.32. The minimum absolute atomic E-state index is 0.215. The molecule has 2 aliphatic heterocycles. The zero-order valence-corrected chi connectivity index (χ0v) is 19.0. The van der Waals surface area contributed by atoms with Crippen LogP contribution in [0.15, 0.2) is 36.4 Å². The van der Waals surface area contributed by atoms with Gasteiger partial charge in [-0.05, 0) is 74.4 Å². The molecule has 30 heavy (non-hydrogen) atoms. The van der Waals surface area contributed by atoms with Gasteiger partial charge in [-0.3, -0.25) is 4.79 Å². The number of benzene rings is 2. The number of nitrogens with one attached hydrogen (secondary N) is 1. The third kappa shape index (κ3) is 4.50. The first-order valence-electron chi connectivity index (χ1n) is 11.0. The smallest absolute Gasteiger partial charge is 0.254 e. The van der Waals surface area contributed by atoms with Gasteiger partial charge in [0.1, 0.15) is 0 Å². The molecule has 2 fully saturated rings. The fourth-order valence-electron chi connectivity index (χ4n) is 4.99. The average molecular weight is 426 g/mol. The van der Waals surface area contributed by atoms with Crippen LogP contribution in [0.1, 0.15) is 33.5 Å². The van der Waals surface area contributed by atoms with Gasteiger partial charge in [0, 0.05) is 49.0 Å². The van der Waals surface area contributed by atoms with Crippen LogP contribution in [0.2, 0.25) is 5.02 Å². The van der Waals surface area contributed by atoms with E-state index in [0.717, 1.165) is 78.7 Å². The molecule has 0 aromatic heterocycles. The normalized spacial score (nSPS) is 21.1. The molecule has 4 nitrogen and oxygen atoms in total. The first-order valence-corrected chi connectivity index (χ1v) is 11.4. The number of nitrogens with zero attached hydrogens (tertiary/aromatic N) is 2. The van der Waals surface area contributed by atoms with Gasteiger partial charge >= 0.3 is 0 Å². The molecule has 5 heteroatoms. The number of carbonyl (C=O) groups excluding carboxylic acids is 1. The number of hydrogen-bond donors (Lipinski definition) is 1. The maximum atomic E-state index is 13.1. The number of aryl methyl sites for hydroxylation is 3. The molecule has 2 aromatic carbocycles. The summed E-state index contributed by atoms with van der Waals surface area (Å²) >= 11 is 6.20. The predicted molar refractivity (Wildman–Crippen MR) is 125 cm³/mol. The Bertz CT molecular complexity index is 894. The zero-order chi connectivity index (χ0) is 21.3. The molecule has 2 atom stereocenters. The van der Waals surface area contributed by atoms with Gasteiger partial charge in [0.05, 0.1) is 0 Å². The second-order valence-electron chi connectivity index (χ2n) is 9.00. The van der Waals surface area contributed by atoms with Crippen LogP contribution in [0, 0.1) is 32.6 Å². The van der Waals surface area contributed by atoms with E-state index in [-0.39, 0.29) is 5.91 Å². The number of anilines is 1. The molecule has 0 saturated carbocycles. The van der Waals surface area contributed by atoms with Crippen LogP contribution in [0.25, 0.3) is 0 Å². The van der Waals surface area contributed by atoms with Crippen LogP contribution in [-0.2, 0) is 0 Å². The molecule has 0 radical (unpaired) electrons. The van der Waals surface area contributed by atoms with Crippen molar-refractivity contribution in [3.63, 3.8) is 0 Å². The SMILES string of the molecule is Cc1ccc(NCCCN2CC3CN(C(=O)c4c(C)cccc4C)CC3C2)cc1Cl. The van der Waals surface area contributed by atoms with E-state index in [1.165, 1.54) is 0 Å². The van der Waals surface area contributed by atoms with E-state index in [0.29, 0.717) is 11.8 Å². The van der Waals surface area contributed by atoms with E-state index in [4.69, 9.17) is 11.6 Å². The van der Waals surface area contributed by atoms with E-state index in [1.807, 2.05) is 45.0 Å². The minimum Gasteiger partial charge on any atom is -0.385 e.